The van der Waals surface area contributed by atoms with Crippen molar-refractivity contribution in [2.45, 2.75) is 6.92 Å². The molecule has 0 atom stereocenters. The molecule has 4 aromatic rings. The molecule has 0 spiro atoms. The van der Waals surface area contributed by atoms with Gasteiger partial charge in [-0.1, -0.05) is 12.1 Å². The fourth-order valence-electron chi connectivity index (χ4n) is 4.02. The van der Waals surface area contributed by atoms with Gasteiger partial charge in [0.1, 0.15) is 32.8 Å². The lowest BCUT2D eigenvalue weighted by Crippen LogP contribution is -2.46. The summed E-state index contributed by atoms with van der Waals surface area (Å²) in [6, 6.07) is 11.7. The number of hydrogen-bond acceptors (Lipinski definition) is 6. The lowest BCUT2D eigenvalue weighted by Gasteiger charge is -2.27. The van der Waals surface area contributed by atoms with Crippen LogP contribution in [-0.4, -0.2) is 46.5 Å². The van der Waals surface area contributed by atoms with E-state index in [9.17, 15) is 18.4 Å². The lowest BCUT2D eigenvalue weighted by molar-refractivity contribution is 0.0741. The minimum atomic E-state index is -0.868. The number of fused-ring (bicyclic) bond motifs is 1. The number of aromatic nitrogens is 2. The maximum absolute atomic E-state index is 14.7. The Bertz CT molecular complexity index is 1440. The van der Waals surface area contributed by atoms with Crippen LogP contribution in [0.4, 0.5) is 20.3 Å². The highest BCUT2D eigenvalue weighted by atomic mass is 32.1. The van der Waals surface area contributed by atoms with Gasteiger partial charge in [0.2, 0.25) is 0 Å². The molecule has 1 saturated heterocycles. The van der Waals surface area contributed by atoms with Crippen LogP contribution in [0.1, 0.15) is 15.4 Å². The molecule has 10 heteroatoms. The van der Waals surface area contributed by atoms with Crippen LogP contribution in [-0.2, 0) is 0 Å². The number of hydrogen-bond donors (Lipinski definition) is 2. The fourth-order valence-corrected chi connectivity index (χ4v) is 5.25. The maximum atomic E-state index is 14.7. The van der Waals surface area contributed by atoms with E-state index in [-0.39, 0.29) is 10.7 Å². The quantitative estimate of drug-likeness (QED) is 0.463. The van der Waals surface area contributed by atoms with Gasteiger partial charge in [0.25, 0.3) is 11.5 Å². The summed E-state index contributed by atoms with van der Waals surface area (Å²) in [5.41, 5.74) is 0.164. The number of pyridine rings is 2. The molecule has 5 rings (SSSR count). The third kappa shape index (κ3) is 3.95. The fraction of sp³-hybridized carbons (Fsp3) is 0.208. The van der Waals surface area contributed by atoms with Crippen LogP contribution in [0.25, 0.3) is 15.9 Å². The molecule has 1 amide bonds. The van der Waals surface area contributed by atoms with Crippen LogP contribution in [0.2, 0.25) is 0 Å². The molecule has 0 unspecified atom stereocenters. The zero-order chi connectivity index (χ0) is 23.8. The van der Waals surface area contributed by atoms with Gasteiger partial charge < -0.3 is 15.5 Å². The molecular weight excluding hydrogens is 460 g/mol. The molecule has 3 aromatic heterocycles. The Morgan fingerprint density at radius 3 is 2.47 bits per heavy atom. The summed E-state index contributed by atoms with van der Waals surface area (Å²) >= 11 is 1.03. The zero-order valence-electron chi connectivity index (χ0n) is 18.3. The second-order valence-electron chi connectivity index (χ2n) is 7.93. The minimum absolute atomic E-state index is 0.217. The van der Waals surface area contributed by atoms with Gasteiger partial charge in [-0.05, 0) is 37.3 Å². The molecule has 1 aliphatic heterocycles. The van der Waals surface area contributed by atoms with Gasteiger partial charge in [-0.25, -0.2) is 13.8 Å². The van der Waals surface area contributed by atoms with Crippen molar-refractivity contribution in [3.8, 4) is 5.69 Å². The Morgan fingerprint density at radius 1 is 1.06 bits per heavy atom. The molecule has 1 aromatic carbocycles. The molecule has 0 bridgehead atoms. The first-order valence-electron chi connectivity index (χ1n) is 10.8. The van der Waals surface area contributed by atoms with E-state index in [1.54, 1.807) is 17.0 Å². The van der Waals surface area contributed by atoms with Gasteiger partial charge >= 0.3 is 0 Å². The van der Waals surface area contributed by atoms with E-state index in [0.29, 0.717) is 47.9 Å². The highest BCUT2D eigenvalue weighted by Crippen LogP contribution is 2.39. The van der Waals surface area contributed by atoms with Gasteiger partial charge in [-0.15, -0.1) is 11.3 Å². The Balaban J connectivity index is 1.75. The van der Waals surface area contributed by atoms with Crippen molar-refractivity contribution in [3.05, 3.63) is 81.1 Å². The molecule has 0 aliphatic carbocycles. The Morgan fingerprint density at radius 2 is 1.76 bits per heavy atom. The number of carbonyl (C=O) groups excluding carboxylic acids is 1. The SMILES string of the molecule is Cc1cccc(Nc2c(C(=O)N3CCNCC3)sc3c2ccc(=O)n3-c2c(F)cccc2F)n1. The van der Waals surface area contributed by atoms with Crippen molar-refractivity contribution in [1.82, 2.24) is 19.8 Å². The highest BCUT2D eigenvalue weighted by Gasteiger charge is 2.27. The number of nitrogens with one attached hydrogen (secondary N) is 2. The van der Waals surface area contributed by atoms with Crippen LogP contribution in [0.3, 0.4) is 0 Å². The summed E-state index contributed by atoms with van der Waals surface area (Å²) in [5, 5.41) is 6.93. The summed E-state index contributed by atoms with van der Waals surface area (Å²) in [4.78, 5) is 33.2. The molecule has 0 saturated carbocycles. The van der Waals surface area contributed by atoms with Gasteiger partial charge in [0, 0.05) is 43.3 Å². The van der Waals surface area contributed by atoms with Crippen LogP contribution >= 0.6 is 11.3 Å². The molecular formula is C24H21F2N5O2S. The standard InChI is InChI=1S/C24H21F2N5O2S/c1-14-4-2-7-18(28-14)29-20-15-8-9-19(32)31(21-16(25)5-3-6-17(21)26)24(15)34-22(20)23(33)30-12-10-27-11-13-30/h2-9,27H,10-13H2,1H3,(H,28,29). The van der Waals surface area contributed by atoms with Crippen molar-refractivity contribution in [1.29, 1.82) is 0 Å². The number of carbonyl (C=O) groups is 1. The number of benzene rings is 1. The van der Waals surface area contributed by atoms with E-state index in [0.717, 1.165) is 33.7 Å². The van der Waals surface area contributed by atoms with E-state index in [4.69, 9.17) is 0 Å². The maximum Gasteiger partial charge on any atom is 0.266 e. The molecule has 4 heterocycles. The van der Waals surface area contributed by atoms with E-state index in [1.165, 1.54) is 12.1 Å². The Kier molecular flexibility index (Phi) is 5.84. The predicted molar refractivity (Wildman–Crippen MR) is 128 cm³/mol. The number of amides is 1. The van der Waals surface area contributed by atoms with E-state index in [1.807, 2.05) is 19.1 Å². The number of rotatable bonds is 4. The van der Waals surface area contributed by atoms with Crippen molar-refractivity contribution in [2.24, 2.45) is 0 Å². The second kappa shape index (κ2) is 8.96. The number of halogens is 2. The first-order chi connectivity index (χ1) is 16.4. The number of para-hydroxylation sites is 1. The van der Waals surface area contributed by atoms with Crippen molar-refractivity contribution < 1.29 is 13.6 Å². The second-order valence-corrected chi connectivity index (χ2v) is 8.93. The Hall–Kier alpha value is -3.63. The van der Waals surface area contributed by atoms with Gasteiger partial charge in [0.15, 0.2) is 0 Å². The third-order valence-electron chi connectivity index (χ3n) is 5.64. The summed E-state index contributed by atoms with van der Waals surface area (Å²) in [6.07, 6.45) is 0. The molecule has 7 nitrogen and oxygen atoms in total. The number of thiophene rings is 1. The number of anilines is 2. The molecule has 34 heavy (non-hydrogen) atoms. The Labute approximate surface area is 197 Å². The van der Waals surface area contributed by atoms with Crippen LogP contribution < -0.4 is 16.2 Å². The summed E-state index contributed by atoms with van der Waals surface area (Å²) in [6.45, 7) is 4.25. The van der Waals surface area contributed by atoms with Crippen molar-refractivity contribution in [2.75, 3.05) is 31.5 Å². The molecule has 1 fully saturated rings. The predicted octanol–water partition coefficient (Wildman–Crippen LogP) is 3.82. The zero-order valence-corrected chi connectivity index (χ0v) is 19.1. The van der Waals surface area contributed by atoms with Crippen LogP contribution in [0.5, 0.6) is 0 Å². The van der Waals surface area contributed by atoms with E-state index in [2.05, 4.69) is 15.6 Å². The largest absolute Gasteiger partial charge is 0.338 e. The molecule has 0 radical (unpaired) electrons. The number of nitrogens with zero attached hydrogens (tertiary/aromatic N) is 3. The van der Waals surface area contributed by atoms with Gasteiger partial charge in [-0.3, -0.25) is 14.2 Å². The van der Waals surface area contributed by atoms with Crippen LogP contribution in [0, 0.1) is 18.6 Å². The molecule has 174 valence electrons. The summed E-state index contributed by atoms with van der Waals surface area (Å²) < 4.78 is 30.4. The summed E-state index contributed by atoms with van der Waals surface area (Å²) in [7, 11) is 0. The van der Waals surface area contributed by atoms with E-state index >= 15 is 0 Å². The molecule has 1 aliphatic rings. The lowest BCUT2D eigenvalue weighted by atomic mass is 10.2. The monoisotopic (exact) mass is 481 g/mol. The van der Waals surface area contributed by atoms with Gasteiger partial charge in [-0.2, -0.15) is 0 Å². The topological polar surface area (TPSA) is 79.3 Å². The average Bonchev–Trinajstić information content (AvgIpc) is 3.18. The van der Waals surface area contributed by atoms with Crippen molar-refractivity contribution >= 4 is 39.0 Å². The highest BCUT2D eigenvalue weighted by molar-refractivity contribution is 7.21. The minimum Gasteiger partial charge on any atom is -0.338 e. The number of piperazine rings is 1. The number of aryl methyl sites for hydroxylation is 1. The molecule has 2 N–H and O–H groups in total. The third-order valence-corrected chi connectivity index (χ3v) is 6.82. The average molecular weight is 482 g/mol. The normalized spacial score (nSPS) is 13.9. The van der Waals surface area contributed by atoms with Crippen LogP contribution in [0.15, 0.2) is 53.3 Å². The first-order valence-corrected chi connectivity index (χ1v) is 11.6. The first kappa shape index (κ1) is 22.2. The van der Waals surface area contributed by atoms with Gasteiger partial charge in [0.05, 0.1) is 5.69 Å². The smallest absolute Gasteiger partial charge is 0.266 e. The van der Waals surface area contributed by atoms with Crippen molar-refractivity contribution in [3.63, 3.8) is 0 Å². The van der Waals surface area contributed by atoms with E-state index < -0.39 is 22.9 Å². The summed E-state index contributed by atoms with van der Waals surface area (Å²) in [5.74, 6) is -1.43.